The van der Waals surface area contributed by atoms with Gasteiger partial charge in [0.25, 0.3) is 0 Å². The predicted molar refractivity (Wildman–Crippen MR) is 89.8 cm³/mol. The summed E-state index contributed by atoms with van der Waals surface area (Å²) in [4.78, 5) is 4.28. The van der Waals surface area contributed by atoms with E-state index in [1.165, 1.54) is 6.07 Å². The highest BCUT2D eigenvalue weighted by atomic mass is 19.2. The van der Waals surface area contributed by atoms with Crippen LogP contribution >= 0.6 is 0 Å². The van der Waals surface area contributed by atoms with E-state index in [-0.39, 0.29) is 17.5 Å². The zero-order valence-electron chi connectivity index (χ0n) is 14.6. The molecule has 6 heteroatoms. The first-order valence-corrected chi connectivity index (χ1v) is 8.41. The van der Waals surface area contributed by atoms with Crippen molar-refractivity contribution < 1.29 is 13.5 Å². The Balaban J connectivity index is 1.66. The summed E-state index contributed by atoms with van der Waals surface area (Å²) < 4.78 is 32.3. The molecule has 2 N–H and O–H groups in total. The van der Waals surface area contributed by atoms with Crippen LogP contribution in [0.1, 0.15) is 38.8 Å². The number of fused-ring (bicyclic) bond motifs is 1. The molecule has 1 aromatic carbocycles. The zero-order chi connectivity index (χ0) is 17.5. The molecule has 1 aromatic rings. The summed E-state index contributed by atoms with van der Waals surface area (Å²) in [5.74, 6) is -0.514. The SMILES string of the molecule is CN=C(NC(C)c1ccc(F)c(F)c1)NC1C2CCOC2C1(C)C. The summed E-state index contributed by atoms with van der Waals surface area (Å²) in [5, 5.41) is 6.74. The lowest BCUT2D eigenvalue weighted by Gasteiger charge is -2.55. The van der Waals surface area contributed by atoms with Crippen LogP contribution in [0, 0.1) is 23.0 Å². The van der Waals surface area contributed by atoms with Gasteiger partial charge in [0.2, 0.25) is 0 Å². The largest absolute Gasteiger partial charge is 0.377 e. The van der Waals surface area contributed by atoms with Gasteiger partial charge in [0.05, 0.1) is 12.1 Å². The van der Waals surface area contributed by atoms with Gasteiger partial charge < -0.3 is 15.4 Å². The highest BCUT2D eigenvalue weighted by Gasteiger charge is 2.59. The molecule has 0 bridgehead atoms. The second-order valence-electron chi connectivity index (χ2n) is 7.30. The maximum atomic E-state index is 13.4. The molecule has 1 saturated carbocycles. The third-order valence-corrected chi connectivity index (χ3v) is 5.41. The number of hydrogen-bond donors (Lipinski definition) is 2. The van der Waals surface area contributed by atoms with E-state index < -0.39 is 11.6 Å². The molecular formula is C18H25F2N3O. The molecule has 0 aromatic heterocycles. The van der Waals surface area contributed by atoms with Crippen LogP contribution < -0.4 is 10.6 Å². The van der Waals surface area contributed by atoms with Crippen LogP contribution in [0.5, 0.6) is 0 Å². The summed E-state index contributed by atoms with van der Waals surface area (Å²) in [7, 11) is 1.71. The van der Waals surface area contributed by atoms with Gasteiger partial charge >= 0.3 is 0 Å². The smallest absolute Gasteiger partial charge is 0.191 e. The maximum absolute atomic E-state index is 13.4. The third kappa shape index (κ3) is 2.88. The van der Waals surface area contributed by atoms with Crippen LogP contribution in [0.2, 0.25) is 0 Å². The van der Waals surface area contributed by atoms with Gasteiger partial charge in [0.1, 0.15) is 0 Å². The molecule has 4 unspecified atom stereocenters. The lowest BCUT2D eigenvalue weighted by Crippen LogP contribution is -2.68. The van der Waals surface area contributed by atoms with Gasteiger partial charge in [-0.1, -0.05) is 19.9 Å². The number of rotatable bonds is 3. The van der Waals surface area contributed by atoms with E-state index >= 15 is 0 Å². The van der Waals surface area contributed by atoms with Crippen molar-refractivity contribution in [2.45, 2.75) is 45.4 Å². The summed E-state index contributed by atoms with van der Waals surface area (Å²) in [6.07, 6.45) is 1.36. The van der Waals surface area contributed by atoms with E-state index in [9.17, 15) is 8.78 Å². The molecule has 2 fully saturated rings. The van der Waals surface area contributed by atoms with Gasteiger partial charge in [0.15, 0.2) is 17.6 Å². The van der Waals surface area contributed by atoms with Crippen LogP contribution in [-0.2, 0) is 4.74 Å². The molecule has 0 amide bonds. The number of guanidine groups is 1. The Morgan fingerprint density at radius 2 is 2.08 bits per heavy atom. The average Bonchev–Trinajstić information content (AvgIpc) is 3.00. The van der Waals surface area contributed by atoms with Crippen molar-refractivity contribution in [2.75, 3.05) is 13.7 Å². The second kappa shape index (κ2) is 6.31. The van der Waals surface area contributed by atoms with Crippen LogP contribution in [-0.4, -0.2) is 31.8 Å². The van der Waals surface area contributed by atoms with Crippen molar-refractivity contribution in [1.82, 2.24) is 10.6 Å². The molecule has 1 saturated heterocycles. The van der Waals surface area contributed by atoms with Crippen LogP contribution in [0.15, 0.2) is 23.2 Å². The molecule has 1 heterocycles. The topological polar surface area (TPSA) is 45.7 Å². The minimum Gasteiger partial charge on any atom is -0.377 e. The quantitative estimate of drug-likeness (QED) is 0.658. The van der Waals surface area contributed by atoms with Crippen molar-refractivity contribution >= 4 is 5.96 Å². The third-order valence-electron chi connectivity index (χ3n) is 5.41. The molecule has 4 atom stereocenters. The summed E-state index contributed by atoms with van der Waals surface area (Å²) in [6.45, 7) is 7.10. The van der Waals surface area contributed by atoms with E-state index in [4.69, 9.17) is 4.74 Å². The second-order valence-corrected chi connectivity index (χ2v) is 7.30. The molecule has 0 spiro atoms. The number of hydrogen-bond acceptors (Lipinski definition) is 2. The average molecular weight is 337 g/mol. The molecule has 3 rings (SSSR count). The van der Waals surface area contributed by atoms with Crippen LogP contribution in [0.3, 0.4) is 0 Å². The maximum Gasteiger partial charge on any atom is 0.191 e. The summed E-state index contributed by atoms with van der Waals surface area (Å²) in [5.41, 5.74) is 0.719. The Bertz CT molecular complexity index is 647. The number of halogens is 2. The van der Waals surface area contributed by atoms with Gasteiger partial charge in [-0.05, 0) is 31.0 Å². The first kappa shape index (κ1) is 17.1. The Kier molecular flexibility index (Phi) is 4.51. The van der Waals surface area contributed by atoms with Gasteiger partial charge in [-0.3, -0.25) is 4.99 Å². The Labute approximate surface area is 141 Å². The molecule has 132 valence electrons. The Morgan fingerprint density at radius 1 is 1.33 bits per heavy atom. The zero-order valence-corrected chi connectivity index (χ0v) is 14.6. The van der Waals surface area contributed by atoms with E-state index in [1.807, 2.05) is 6.92 Å². The van der Waals surface area contributed by atoms with Gasteiger partial charge in [0, 0.05) is 31.0 Å². The van der Waals surface area contributed by atoms with Gasteiger partial charge in [-0.25, -0.2) is 8.78 Å². The summed E-state index contributed by atoms with van der Waals surface area (Å²) >= 11 is 0. The highest BCUT2D eigenvalue weighted by Crippen LogP contribution is 2.52. The van der Waals surface area contributed by atoms with Crippen molar-refractivity contribution in [1.29, 1.82) is 0 Å². The molecule has 0 radical (unpaired) electrons. The fourth-order valence-electron chi connectivity index (χ4n) is 4.01. The molecular weight excluding hydrogens is 312 g/mol. The normalized spacial score (nSPS) is 29.6. The number of nitrogens with one attached hydrogen (secondary N) is 2. The number of ether oxygens (including phenoxy) is 1. The van der Waals surface area contributed by atoms with E-state index in [1.54, 1.807) is 13.1 Å². The van der Waals surface area contributed by atoms with E-state index in [2.05, 4.69) is 29.5 Å². The molecule has 4 nitrogen and oxygen atoms in total. The lowest BCUT2D eigenvalue weighted by atomic mass is 9.57. The number of benzene rings is 1. The van der Waals surface area contributed by atoms with Crippen molar-refractivity contribution in [3.8, 4) is 0 Å². The van der Waals surface area contributed by atoms with Gasteiger partial charge in [-0.15, -0.1) is 0 Å². The highest BCUT2D eigenvalue weighted by molar-refractivity contribution is 5.80. The molecule has 1 aliphatic carbocycles. The fraction of sp³-hybridized carbons (Fsp3) is 0.611. The van der Waals surface area contributed by atoms with Crippen LogP contribution in [0.4, 0.5) is 8.78 Å². The van der Waals surface area contributed by atoms with Gasteiger partial charge in [-0.2, -0.15) is 0 Å². The minimum atomic E-state index is -0.838. The minimum absolute atomic E-state index is 0.0456. The van der Waals surface area contributed by atoms with Crippen molar-refractivity contribution in [3.63, 3.8) is 0 Å². The standard InChI is InChI=1S/C18H25F2N3O/c1-10(11-5-6-13(19)14(20)9-11)22-17(21-4)23-15-12-7-8-24-16(12)18(15,2)3/h5-6,9-10,12,15-16H,7-8H2,1-4H3,(H2,21,22,23). The molecule has 24 heavy (non-hydrogen) atoms. The molecule has 2 aliphatic rings. The lowest BCUT2D eigenvalue weighted by molar-refractivity contribution is -0.106. The predicted octanol–water partition coefficient (Wildman–Crippen LogP) is 3.00. The van der Waals surface area contributed by atoms with Crippen molar-refractivity contribution in [3.05, 3.63) is 35.4 Å². The summed E-state index contributed by atoms with van der Waals surface area (Å²) in [6, 6.07) is 4.04. The first-order chi connectivity index (χ1) is 11.3. The van der Waals surface area contributed by atoms with E-state index in [0.29, 0.717) is 23.5 Å². The first-order valence-electron chi connectivity index (χ1n) is 8.41. The fourth-order valence-corrected chi connectivity index (χ4v) is 4.01. The number of nitrogens with zero attached hydrogens (tertiary/aromatic N) is 1. The molecule has 1 aliphatic heterocycles. The monoisotopic (exact) mass is 337 g/mol. The Hall–Kier alpha value is -1.69. The Morgan fingerprint density at radius 3 is 2.75 bits per heavy atom. The van der Waals surface area contributed by atoms with Crippen molar-refractivity contribution in [2.24, 2.45) is 16.3 Å². The number of aliphatic imine (C=N–C) groups is 1. The van der Waals surface area contributed by atoms with E-state index in [0.717, 1.165) is 19.1 Å². The van der Waals surface area contributed by atoms with Crippen LogP contribution in [0.25, 0.3) is 0 Å².